The lowest BCUT2D eigenvalue weighted by molar-refractivity contribution is 0.463. The Morgan fingerprint density at radius 1 is 1.35 bits per heavy atom. The third-order valence-corrected chi connectivity index (χ3v) is 5.88. The van der Waals surface area contributed by atoms with Gasteiger partial charge in [-0.3, -0.25) is 0 Å². The fourth-order valence-corrected chi connectivity index (χ4v) is 4.30. The van der Waals surface area contributed by atoms with Crippen LogP contribution in [0.5, 0.6) is 0 Å². The van der Waals surface area contributed by atoms with Crippen LogP contribution in [0, 0.1) is 24.1 Å². The summed E-state index contributed by atoms with van der Waals surface area (Å²) in [4.78, 5) is 6.23. The van der Waals surface area contributed by atoms with Crippen molar-refractivity contribution >= 4 is 15.8 Å². The lowest BCUT2D eigenvalue weighted by Crippen LogP contribution is -2.48. The molecule has 0 bridgehead atoms. The van der Waals surface area contributed by atoms with Gasteiger partial charge in [-0.25, -0.2) is 22.5 Å². The minimum absolute atomic E-state index is 0.0881. The van der Waals surface area contributed by atoms with Crippen molar-refractivity contribution in [3.05, 3.63) is 53.5 Å². The average molecular weight is 374 g/mol. The summed E-state index contributed by atoms with van der Waals surface area (Å²) in [7, 11) is -3.80. The van der Waals surface area contributed by atoms with E-state index >= 15 is 0 Å². The number of halogens is 1. The number of hydrogen-bond acceptors (Lipinski definition) is 5. The fourth-order valence-electron chi connectivity index (χ4n) is 3.01. The molecule has 8 heteroatoms. The van der Waals surface area contributed by atoms with Gasteiger partial charge < -0.3 is 4.90 Å². The van der Waals surface area contributed by atoms with Crippen molar-refractivity contribution in [1.82, 2.24) is 9.71 Å². The van der Waals surface area contributed by atoms with Gasteiger partial charge in [-0.2, -0.15) is 5.26 Å². The van der Waals surface area contributed by atoms with E-state index in [1.807, 2.05) is 24.0 Å². The van der Waals surface area contributed by atoms with Crippen molar-refractivity contribution in [3.8, 4) is 6.07 Å². The zero-order valence-electron chi connectivity index (χ0n) is 14.3. The minimum atomic E-state index is -3.80. The SMILES string of the molecule is Cc1ccc(N2CCCC(NS(=O)(=O)c3cccc(F)c3)C2)nc1C#N. The summed E-state index contributed by atoms with van der Waals surface area (Å²) in [5.74, 6) is 0.0628. The number of nitriles is 1. The first-order valence-electron chi connectivity index (χ1n) is 8.29. The van der Waals surface area contributed by atoms with Gasteiger partial charge in [0.1, 0.15) is 23.4 Å². The molecule has 0 radical (unpaired) electrons. The van der Waals surface area contributed by atoms with E-state index < -0.39 is 15.8 Å². The van der Waals surface area contributed by atoms with Gasteiger partial charge in [0.2, 0.25) is 10.0 Å². The molecule has 1 aromatic heterocycles. The topological polar surface area (TPSA) is 86.1 Å². The number of piperidine rings is 1. The molecule has 26 heavy (non-hydrogen) atoms. The molecule has 1 saturated heterocycles. The maximum absolute atomic E-state index is 13.3. The molecule has 0 saturated carbocycles. The highest BCUT2D eigenvalue weighted by Crippen LogP contribution is 2.21. The quantitative estimate of drug-likeness (QED) is 0.888. The standard InChI is InChI=1S/C18H19FN4O2S/c1-13-7-8-18(21-17(13)11-20)23-9-3-5-15(12-23)22-26(24,25)16-6-2-4-14(19)10-16/h2,4,6-8,10,15,22H,3,5,9,12H2,1H3. The zero-order chi connectivity index (χ0) is 18.7. The van der Waals surface area contributed by atoms with Gasteiger partial charge in [-0.1, -0.05) is 12.1 Å². The van der Waals surface area contributed by atoms with Crippen molar-refractivity contribution in [2.75, 3.05) is 18.0 Å². The van der Waals surface area contributed by atoms with E-state index in [2.05, 4.69) is 15.8 Å². The maximum Gasteiger partial charge on any atom is 0.240 e. The molecule has 0 aliphatic carbocycles. The van der Waals surface area contributed by atoms with Gasteiger partial charge >= 0.3 is 0 Å². The lowest BCUT2D eigenvalue weighted by atomic mass is 10.1. The first-order chi connectivity index (χ1) is 12.4. The Balaban J connectivity index is 1.76. The number of aromatic nitrogens is 1. The Hall–Kier alpha value is -2.50. The molecule has 6 nitrogen and oxygen atoms in total. The number of hydrogen-bond donors (Lipinski definition) is 1. The minimum Gasteiger partial charge on any atom is -0.355 e. The summed E-state index contributed by atoms with van der Waals surface area (Å²) in [5.41, 5.74) is 1.17. The van der Waals surface area contributed by atoms with E-state index in [0.717, 1.165) is 24.6 Å². The smallest absolute Gasteiger partial charge is 0.240 e. The molecule has 3 rings (SSSR count). The van der Waals surface area contributed by atoms with Gasteiger partial charge in [0.25, 0.3) is 0 Å². The normalized spacial score (nSPS) is 17.7. The van der Waals surface area contributed by atoms with Crippen molar-refractivity contribution in [3.63, 3.8) is 0 Å². The Labute approximate surface area is 152 Å². The van der Waals surface area contributed by atoms with E-state index in [1.54, 1.807) is 0 Å². The number of pyridine rings is 1. The number of nitrogens with one attached hydrogen (secondary N) is 1. The van der Waals surface area contributed by atoms with E-state index in [4.69, 9.17) is 5.26 Å². The molecule has 1 atom stereocenters. The molecule has 1 fully saturated rings. The van der Waals surface area contributed by atoms with Gasteiger partial charge in [0.05, 0.1) is 4.90 Å². The summed E-state index contributed by atoms with van der Waals surface area (Å²) in [5, 5.41) is 9.14. The highest BCUT2D eigenvalue weighted by atomic mass is 32.2. The first-order valence-corrected chi connectivity index (χ1v) is 9.78. The highest BCUT2D eigenvalue weighted by Gasteiger charge is 2.26. The van der Waals surface area contributed by atoms with Crippen molar-refractivity contribution < 1.29 is 12.8 Å². The second-order valence-electron chi connectivity index (χ2n) is 6.31. The molecule has 1 unspecified atom stereocenters. The van der Waals surface area contributed by atoms with Crippen molar-refractivity contribution in [1.29, 1.82) is 5.26 Å². The third kappa shape index (κ3) is 4.00. The largest absolute Gasteiger partial charge is 0.355 e. The van der Waals surface area contributed by atoms with Gasteiger partial charge in [0.15, 0.2) is 0 Å². The third-order valence-electron chi connectivity index (χ3n) is 4.36. The zero-order valence-corrected chi connectivity index (χ0v) is 15.1. The highest BCUT2D eigenvalue weighted by molar-refractivity contribution is 7.89. The molecule has 1 aliphatic rings. The molecule has 2 aromatic rings. The predicted octanol–water partition coefficient (Wildman–Crippen LogP) is 2.35. The Morgan fingerprint density at radius 2 is 2.15 bits per heavy atom. The number of rotatable bonds is 4. The average Bonchev–Trinajstić information content (AvgIpc) is 2.62. The number of sulfonamides is 1. The van der Waals surface area contributed by atoms with Crippen LogP contribution in [-0.4, -0.2) is 32.5 Å². The van der Waals surface area contributed by atoms with E-state index in [-0.39, 0.29) is 10.9 Å². The van der Waals surface area contributed by atoms with Crippen LogP contribution in [0.3, 0.4) is 0 Å². The Morgan fingerprint density at radius 3 is 2.88 bits per heavy atom. The Kier molecular flexibility index (Phi) is 5.20. The van der Waals surface area contributed by atoms with Crippen LogP contribution in [0.4, 0.5) is 10.2 Å². The molecule has 2 heterocycles. The van der Waals surface area contributed by atoms with Gasteiger partial charge in [0, 0.05) is 19.1 Å². The van der Waals surface area contributed by atoms with E-state index in [9.17, 15) is 12.8 Å². The van der Waals surface area contributed by atoms with Crippen LogP contribution in [0.15, 0.2) is 41.3 Å². The first kappa shape index (κ1) is 18.3. The van der Waals surface area contributed by atoms with Crippen LogP contribution < -0.4 is 9.62 Å². The predicted molar refractivity (Wildman–Crippen MR) is 95.6 cm³/mol. The molecule has 1 N–H and O–H groups in total. The summed E-state index contributed by atoms with van der Waals surface area (Å²) in [6, 6.07) is 10.4. The molecule has 1 aromatic carbocycles. The van der Waals surface area contributed by atoms with Crippen LogP contribution in [0.1, 0.15) is 24.1 Å². The number of aryl methyl sites for hydroxylation is 1. The second kappa shape index (κ2) is 7.40. The van der Waals surface area contributed by atoms with Crippen molar-refractivity contribution in [2.24, 2.45) is 0 Å². The number of anilines is 1. The monoisotopic (exact) mass is 374 g/mol. The van der Waals surface area contributed by atoms with Crippen molar-refractivity contribution in [2.45, 2.75) is 30.7 Å². The van der Waals surface area contributed by atoms with Gasteiger partial charge in [-0.15, -0.1) is 0 Å². The molecule has 0 spiro atoms. The van der Waals surface area contributed by atoms with Crippen LogP contribution in [0.2, 0.25) is 0 Å². The molecular weight excluding hydrogens is 355 g/mol. The maximum atomic E-state index is 13.3. The fraction of sp³-hybridized carbons (Fsp3) is 0.333. The second-order valence-corrected chi connectivity index (χ2v) is 8.02. The summed E-state index contributed by atoms with van der Waals surface area (Å²) < 4.78 is 40.9. The molecule has 1 aliphatic heterocycles. The molecular formula is C18H19FN4O2S. The van der Waals surface area contributed by atoms with Crippen LogP contribution in [0.25, 0.3) is 0 Å². The van der Waals surface area contributed by atoms with Crippen LogP contribution in [-0.2, 0) is 10.0 Å². The van der Waals surface area contributed by atoms with E-state index in [0.29, 0.717) is 24.5 Å². The summed E-state index contributed by atoms with van der Waals surface area (Å²) >= 11 is 0. The molecule has 0 amide bonds. The Bertz CT molecular complexity index is 956. The van der Waals surface area contributed by atoms with Crippen LogP contribution >= 0.6 is 0 Å². The molecule has 136 valence electrons. The number of nitrogens with zero attached hydrogens (tertiary/aromatic N) is 3. The summed E-state index contributed by atoms with van der Waals surface area (Å²) in [6.45, 7) is 3.00. The van der Waals surface area contributed by atoms with E-state index in [1.165, 1.54) is 18.2 Å². The lowest BCUT2D eigenvalue weighted by Gasteiger charge is -2.34. The van der Waals surface area contributed by atoms with Gasteiger partial charge in [-0.05, 0) is 49.6 Å². The summed E-state index contributed by atoms with van der Waals surface area (Å²) in [6.07, 6.45) is 1.47. The number of benzene rings is 1.